The zero-order valence-electron chi connectivity index (χ0n) is 8.67. The van der Waals surface area contributed by atoms with Crippen LogP contribution in [0, 0.1) is 5.82 Å². The molecule has 0 amide bonds. The molecule has 4 heteroatoms. The van der Waals surface area contributed by atoms with Crippen LogP contribution in [0.4, 0.5) is 4.39 Å². The van der Waals surface area contributed by atoms with Crippen LogP contribution in [0.15, 0.2) is 18.2 Å². The Morgan fingerprint density at radius 1 is 1.53 bits per heavy atom. The molecule has 1 atom stereocenters. The summed E-state index contributed by atoms with van der Waals surface area (Å²) >= 11 is 6.02. The van der Waals surface area contributed by atoms with Crippen molar-refractivity contribution in [1.82, 2.24) is 9.55 Å². The molecule has 0 aliphatic heterocycles. The summed E-state index contributed by atoms with van der Waals surface area (Å²) in [6, 6.07) is 4.59. The third kappa shape index (κ3) is 1.72. The number of aryl methyl sites for hydroxylation is 1. The highest BCUT2D eigenvalue weighted by atomic mass is 35.5. The van der Waals surface area contributed by atoms with Crippen LogP contribution in [0.2, 0.25) is 0 Å². The number of rotatable bonds is 2. The number of imidazole rings is 1. The summed E-state index contributed by atoms with van der Waals surface area (Å²) < 4.78 is 15.0. The Morgan fingerprint density at radius 3 is 2.87 bits per heavy atom. The van der Waals surface area contributed by atoms with Gasteiger partial charge in [0.25, 0.3) is 0 Å². The minimum Gasteiger partial charge on any atom is -0.327 e. The summed E-state index contributed by atoms with van der Waals surface area (Å²) in [5.41, 5.74) is 1.60. The molecular formula is C11H12ClFN2. The molecule has 0 bridgehead atoms. The van der Waals surface area contributed by atoms with E-state index in [0.717, 1.165) is 23.4 Å². The predicted octanol–water partition coefficient (Wildman–Crippen LogP) is 3.50. The quantitative estimate of drug-likeness (QED) is 0.717. The summed E-state index contributed by atoms with van der Waals surface area (Å²) in [7, 11) is 0. The number of hydrogen-bond acceptors (Lipinski definition) is 1. The third-order valence-electron chi connectivity index (χ3n) is 2.41. The SMILES string of the molecule is CCn1c(C(C)Cl)nc2ccc(F)cc21. The molecule has 1 unspecified atom stereocenters. The van der Waals surface area contributed by atoms with Crippen molar-refractivity contribution in [1.29, 1.82) is 0 Å². The minimum absolute atomic E-state index is 0.166. The van der Waals surface area contributed by atoms with Crippen LogP contribution >= 0.6 is 11.6 Å². The first-order valence-electron chi connectivity index (χ1n) is 4.93. The fraction of sp³-hybridized carbons (Fsp3) is 0.364. The van der Waals surface area contributed by atoms with Crippen molar-refractivity contribution in [3.8, 4) is 0 Å². The van der Waals surface area contributed by atoms with E-state index in [9.17, 15) is 4.39 Å². The lowest BCUT2D eigenvalue weighted by molar-refractivity contribution is 0.627. The largest absolute Gasteiger partial charge is 0.327 e. The number of aromatic nitrogens is 2. The molecular weight excluding hydrogens is 215 g/mol. The Balaban J connectivity index is 2.74. The molecule has 80 valence electrons. The fourth-order valence-corrected chi connectivity index (χ4v) is 1.92. The first-order valence-corrected chi connectivity index (χ1v) is 5.37. The van der Waals surface area contributed by atoms with Crippen LogP contribution in [0.3, 0.4) is 0 Å². The zero-order valence-corrected chi connectivity index (χ0v) is 9.42. The number of benzene rings is 1. The second-order valence-corrected chi connectivity index (χ2v) is 4.12. The maximum absolute atomic E-state index is 13.1. The molecule has 2 nitrogen and oxygen atoms in total. The van der Waals surface area contributed by atoms with Gasteiger partial charge < -0.3 is 4.57 Å². The highest BCUT2D eigenvalue weighted by molar-refractivity contribution is 6.20. The molecule has 0 aliphatic rings. The highest BCUT2D eigenvalue weighted by Gasteiger charge is 2.13. The van der Waals surface area contributed by atoms with Crippen molar-refractivity contribution in [2.45, 2.75) is 25.8 Å². The first-order chi connectivity index (χ1) is 7.13. The van der Waals surface area contributed by atoms with E-state index in [-0.39, 0.29) is 11.2 Å². The van der Waals surface area contributed by atoms with Crippen molar-refractivity contribution in [2.24, 2.45) is 0 Å². The zero-order chi connectivity index (χ0) is 11.0. The van der Waals surface area contributed by atoms with E-state index in [1.54, 1.807) is 6.07 Å². The minimum atomic E-state index is -0.245. The van der Waals surface area contributed by atoms with E-state index in [4.69, 9.17) is 11.6 Å². The third-order valence-corrected chi connectivity index (χ3v) is 2.61. The van der Waals surface area contributed by atoms with Gasteiger partial charge in [0.15, 0.2) is 0 Å². The summed E-state index contributed by atoms with van der Waals surface area (Å²) in [6.45, 7) is 4.60. The molecule has 0 saturated heterocycles. The Hall–Kier alpha value is -1.09. The summed E-state index contributed by atoms with van der Waals surface area (Å²) in [6.07, 6.45) is 0. The normalized spacial score (nSPS) is 13.3. The van der Waals surface area contributed by atoms with E-state index in [0.29, 0.717) is 0 Å². The Labute approximate surface area is 92.7 Å². The van der Waals surface area contributed by atoms with Crippen molar-refractivity contribution >= 4 is 22.6 Å². The van der Waals surface area contributed by atoms with Crippen molar-refractivity contribution in [3.05, 3.63) is 29.8 Å². The lowest BCUT2D eigenvalue weighted by Crippen LogP contribution is -2.01. The van der Waals surface area contributed by atoms with E-state index in [1.807, 2.05) is 18.4 Å². The van der Waals surface area contributed by atoms with Crippen LogP contribution in [-0.2, 0) is 6.54 Å². The molecule has 0 spiro atoms. The molecule has 1 heterocycles. The molecule has 2 aromatic rings. The van der Waals surface area contributed by atoms with Crippen LogP contribution in [-0.4, -0.2) is 9.55 Å². The van der Waals surface area contributed by atoms with E-state index in [2.05, 4.69) is 4.98 Å². The molecule has 1 aromatic heterocycles. The van der Waals surface area contributed by atoms with Gasteiger partial charge in [-0.1, -0.05) is 0 Å². The van der Waals surface area contributed by atoms with Gasteiger partial charge in [-0.05, 0) is 32.0 Å². The Bertz CT molecular complexity index is 491. The average molecular weight is 227 g/mol. The molecule has 0 radical (unpaired) electrons. The lowest BCUT2D eigenvalue weighted by Gasteiger charge is -2.06. The van der Waals surface area contributed by atoms with Gasteiger partial charge in [-0.15, -0.1) is 11.6 Å². The van der Waals surface area contributed by atoms with Crippen molar-refractivity contribution < 1.29 is 4.39 Å². The van der Waals surface area contributed by atoms with Crippen LogP contribution < -0.4 is 0 Å². The van der Waals surface area contributed by atoms with Crippen molar-refractivity contribution in [3.63, 3.8) is 0 Å². The molecule has 1 aromatic carbocycles. The molecule has 15 heavy (non-hydrogen) atoms. The standard InChI is InChI=1S/C11H12ClFN2/c1-3-15-10-6-8(13)4-5-9(10)14-11(15)7(2)12/h4-7H,3H2,1-2H3. The fourth-order valence-electron chi connectivity index (χ4n) is 1.75. The van der Waals surface area contributed by atoms with E-state index >= 15 is 0 Å². The van der Waals surface area contributed by atoms with Crippen LogP contribution in [0.1, 0.15) is 25.0 Å². The summed E-state index contributed by atoms with van der Waals surface area (Å²) in [4.78, 5) is 4.39. The summed E-state index contributed by atoms with van der Waals surface area (Å²) in [5.74, 6) is 0.547. The maximum atomic E-state index is 13.1. The first kappa shape index (κ1) is 10.4. The number of alkyl halides is 1. The van der Waals surface area contributed by atoms with Gasteiger partial charge in [0.05, 0.1) is 16.4 Å². The maximum Gasteiger partial charge on any atom is 0.127 e. The highest BCUT2D eigenvalue weighted by Crippen LogP contribution is 2.24. The van der Waals surface area contributed by atoms with Gasteiger partial charge in [0, 0.05) is 6.54 Å². The Kier molecular flexibility index (Phi) is 2.65. The topological polar surface area (TPSA) is 17.8 Å². The van der Waals surface area contributed by atoms with Gasteiger partial charge >= 0.3 is 0 Å². The Morgan fingerprint density at radius 2 is 2.27 bits per heavy atom. The lowest BCUT2D eigenvalue weighted by atomic mass is 10.3. The molecule has 0 aliphatic carbocycles. The predicted molar refractivity (Wildman–Crippen MR) is 59.6 cm³/mol. The van der Waals surface area contributed by atoms with Gasteiger partial charge in [0.2, 0.25) is 0 Å². The van der Waals surface area contributed by atoms with Gasteiger partial charge in [-0.25, -0.2) is 9.37 Å². The molecule has 0 saturated carbocycles. The van der Waals surface area contributed by atoms with Crippen molar-refractivity contribution in [2.75, 3.05) is 0 Å². The number of halogens is 2. The number of nitrogens with zero attached hydrogens (tertiary/aromatic N) is 2. The van der Waals surface area contributed by atoms with Gasteiger partial charge in [0.1, 0.15) is 11.6 Å². The second kappa shape index (κ2) is 3.81. The van der Waals surface area contributed by atoms with Crippen LogP contribution in [0.25, 0.3) is 11.0 Å². The molecule has 0 N–H and O–H groups in total. The average Bonchev–Trinajstić information content (AvgIpc) is 2.55. The van der Waals surface area contributed by atoms with Gasteiger partial charge in [-0.3, -0.25) is 0 Å². The van der Waals surface area contributed by atoms with E-state index < -0.39 is 0 Å². The monoisotopic (exact) mass is 226 g/mol. The second-order valence-electron chi connectivity index (χ2n) is 3.46. The molecule has 0 fully saturated rings. The smallest absolute Gasteiger partial charge is 0.127 e. The number of hydrogen-bond donors (Lipinski definition) is 0. The number of fused-ring (bicyclic) bond motifs is 1. The summed E-state index contributed by atoms with van der Waals surface area (Å²) in [5, 5.41) is -0.166. The molecule has 2 rings (SSSR count). The van der Waals surface area contributed by atoms with E-state index in [1.165, 1.54) is 12.1 Å². The van der Waals surface area contributed by atoms with Crippen LogP contribution in [0.5, 0.6) is 0 Å². The van der Waals surface area contributed by atoms with Gasteiger partial charge in [-0.2, -0.15) is 0 Å².